The molecule has 1 aliphatic heterocycles. The van der Waals surface area contributed by atoms with Crippen LogP contribution in [0.3, 0.4) is 0 Å². The largest absolute Gasteiger partial charge is 0.462 e. The number of amides is 2. The van der Waals surface area contributed by atoms with Crippen molar-refractivity contribution >= 4 is 11.8 Å². The number of rotatable bonds is 6. The van der Waals surface area contributed by atoms with Crippen molar-refractivity contribution in [3.63, 3.8) is 0 Å². The summed E-state index contributed by atoms with van der Waals surface area (Å²) in [6.45, 7) is 4.40. The zero-order chi connectivity index (χ0) is 17.0. The van der Waals surface area contributed by atoms with E-state index in [1.165, 1.54) is 4.90 Å². The molecule has 7 heteroatoms. The standard InChI is InChI=1S/C16H21N3O4/c1-4-8-22-13-9-12(23-18-13)14(10(2)3)16(21)19-7-5-6-11(19)15(17)20/h1,9-11,14H,5-8H2,2-3H3,(H2,17,20). The molecule has 124 valence electrons. The van der Waals surface area contributed by atoms with Crippen LogP contribution in [0.4, 0.5) is 0 Å². The van der Waals surface area contributed by atoms with E-state index in [0.717, 1.165) is 6.42 Å². The van der Waals surface area contributed by atoms with Gasteiger partial charge in [0.15, 0.2) is 12.4 Å². The van der Waals surface area contributed by atoms with E-state index in [9.17, 15) is 9.59 Å². The van der Waals surface area contributed by atoms with Gasteiger partial charge in [0.25, 0.3) is 5.88 Å². The van der Waals surface area contributed by atoms with Gasteiger partial charge < -0.3 is 19.9 Å². The Balaban J connectivity index is 2.21. The molecule has 1 aliphatic rings. The Kier molecular flexibility index (Phi) is 5.27. The molecule has 1 saturated heterocycles. The molecule has 0 bridgehead atoms. The molecular weight excluding hydrogens is 298 g/mol. The Hall–Kier alpha value is -2.49. The van der Waals surface area contributed by atoms with Crippen LogP contribution in [0.5, 0.6) is 5.88 Å². The van der Waals surface area contributed by atoms with Gasteiger partial charge in [-0.1, -0.05) is 19.8 Å². The van der Waals surface area contributed by atoms with Crippen molar-refractivity contribution in [1.82, 2.24) is 10.1 Å². The smallest absolute Gasteiger partial charge is 0.255 e. The first kappa shape index (κ1) is 16.9. The van der Waals surface area contributed by atoms with E-state index >= 15 is 0 Å². The Morgan fingerprint density at radius 1 is 1.61 bits per heavy atom. The minimum Gasteiger partial charge on any atom is -0.462 e. The van der Waals surface area contributed by atoms with Crippen molar-refractivity contribution < 1.29 is 18.8 Å². The average molecular weight is 319 g/mol. The van der Waals surface area contributed by atoms with Gasteiger partial charge in [-0.25, -0.2) is 0 Å². The third kappa shape index (κ3) is 3.65. The van der Waals surface area contributed by atoms with Crippen molar-refractivity contribution in [2.45, 2.75) is 38.6 Å². The van der Waals surface area contributed by atoms with Gasteiger partial charge in [-0.2, -0.15) is 0 Å². The van der Waals surface area contributed by atoms with Crippen molar-refractivity contribution in [2.24, 2.45) is 11.7 Å². The first-order valence-electron chi connectivity index (χ1n) is 7.58. The van der Waals surface area contributed by atoms with Crippen molar-refractivity contribution in [3.05, 3.63) is 11.8 Å². The van der Waals surface area contributed by atoms with Crippen LogP contribution >= 0.6 is 0 Å². The van der Waals surface area contributed by atoms with Crippen LogP contribution in [0.25, 0.3) is 0 Å². The molecule has 0 spiro atoms. The van der Waals surface area contributed by atoms with Gasteiger partial charge in [-0.15, -0.1) is 6.42 Å². The summed E-state index contributed by atoms with van der Waals surface area (Å²) in [7, 11) is 0. The van der Waals surface area contributed by atoms with Crippen LogP contribution < -0.4 is 10.5 Å². The molecule has 23 heavy (non-hydrogen) atoms. The monoisotopic (exact) mass is 319 g/mol. The lowest BCUT2D eigenvalue weighted by Crippen LogP contribution is -2.46. The van der Waals surface area contributed by atoms with Crippen LogP contribution in [0.1, 0.15) is 38.4 Å². The number of likely N-dealkylation sites (tertiary alicyclic amines) is 1. The lowest BCUT2D eigenvalue weighted by molar-refractivity contribution is -0.139. The van der Waals surface area contributed by atoms with E-state index in [2.05, 4.69) is 11.1 Å². The lowest BCUT2D eigenvalue weighted by atomic mass is 9.91. The van der Waals surface area contributed by atoms with Gasteiger partial charge in [0.05, 0.1) is 0 Å². The summed E-state index contributed by atoms with van der Waals surface area (Å²) >= 11 is 0. The number of hydrogen-bond acceptors (Lipinski definition) is 5. The molecule has 0 aliphatic carbocycles. The van der Waals surface area contributed by atoms with Gasteiger partial charge in [0, 0.05) is 12.6 Å². The second-order valence-electron chi connectivity index (χ2n) is 5.87. The van der Waals surface area contributed by atoms with Gasteiger partial charge in [-0.05, 0) is 23.9 Å². The molecule has 2 rings (SSSR count). The highest BCUT2D eigenvalue weighted by molar-refractivity contribution is 5.90. The second kappa shape index (κ2) is 7.18. The topological polar surface area (TPSA) is 98.7 Å². The Morgan fingerprint density at radius 3 is 2.96 bits per heavy atom. The Morgan fingerprint density at radius 2 is 2.35 bits per heavy atom. The first-order chi connectivity index (χ1) is 11.0. The van der Waals surface area contributed by atoms with E-state index in [1.54, 1.807) is 6.07 Å². The van der Waals surface area contributed by atoms with E-state index in [-0.39, 0.29) is 24.3 Å². The number of terminal acetylenes is 1. The fraction of sp³-hybridized carbons (Fsp3) is 0.562. The van der Waals surface area contributed by atoms with E-state index in [0.29, 0.717) is 18.7 Å². The quantitative estimate of drug-likeness (QED) is 0.786. The fourth-order valence-electron chi connectivity index (χ4n) is 2.84. The number of nitrogens with two attached hydrogens (primary N) is 1. The number of primary amides is 1. The zero-order valence-electron chi connectivity index (χ0n) is 13.3. The highest BCUT2D eigenvalue weighted by Crippen LogP contribution is 2.31. The number of aromatic nitrogens is 1. The van der Waals surface area contributed by atoms with Crippen molar-refractivity contribution in [3.8, 4) is 18.2 Å². The van der Waals surface area contributed by atoms with Crippen LogP contribution in [0, 0.1) is 18.3 Å². The van der Waals surface area contributed by atoms with Gasteiger partial charge in [0.1, 0.15) is 12.0 Å². The summed E-state index contributed by atoms with van der Waals surface area (Å²) in [4.78, 5) is 25.9. The lowest BCUT2D eigenvalue weighted by Gasteiger charge is -2.27. The molecule has 7 nitrogen and oxygen atoms in total. The highest BCUT2D eigenvalue weighted by Gasteiger charge is 2.39. The molecule has 2 heterocycles. The molecular formula is C16H21N3O4. The molecule has 0 saturated carbocycles. The minimum absolute atomic E-state index is 0.0370. The van der Waals surface area contributed by atoms with Gasteiger partial charge in [0.2, 0.25) is 11.8 Å². The summed E-state index contributed by atoms with van der Waals surface area (Å²) in [5.41, 5.74) is 5.39. The summed E-state index contributed by atoms with van der Waals surface area (Å²) < 4.78 is 10.4. The molecule has 2 atom stereocenters. The summed E-state index contributed by atoms with van der Waals surface area (Å²) in [5.74, 6) is 1.72. The number of carbonyl (C=O) groups excluding carboxylic acids is 2. The van der Waals surface area contributed by atoms with Gasteiger partial charge in [-0.3, -0.25) is 9.59 Å². The SMILES string of the molecule is C#CCOc1cc(C(C(=O)N2CCCC2C(N)=O)C(C)C)on1. The second-order valence-corrected chi connectivity index (χ2v) is 5.87. The Bertz CT molecular complexity index is 617. The molecule has 2 amide bonds. The summed E-state index contributed by atoms with van der Waals surface area (Å²) in [6.07, 6.45) is 6.48. The minimum atomic E-state index is -0.552. The molecule has 0 radical (unpaired) electrons. The van der Waals surface area contributed by atoms with Crippen LogP contribution in [0.2, 0.25) is 0 Å². The van der Waals surface area contributed by atoms with Crippen molar-refractivity contribution in [1.29, 1.82) is 0 Å². The molecule has 1 aromatic rings. The van der Waals surface area contributed by atoms with E-state index in [1.807, 2.05) is 13.8 Å². The molecule has 1 aromatic heterocycles. The normalized spacial score (nSPS) is 18.7. The first-order valence-corrected chi connectivity index (χ1v) is 7.58. The Labute approximate surface area is 135 Å². The highest BCUT2D eigenvalue weighted by atomic mass is 16.5. The maximum absolute atomic E-state index is 12.9. The van der Waals surface area contributed by atoms with E-state index < -0.39 is 17.9 Å². The third-order valence-corrected chi connectivity index (χ3v) is 3.91. The maximum atomic E-state index is 12.9. The number of nitrogens with zero attached hydrogens (tertiary/aromatic N) is 2. The molecule has 2 N–H and O–H groups in total. The zero-order valence-corrected chi connectivity index (χ0v) is 13.3. The predicted octanol–water partition coefficient (Wildman–Crippen LogP) is 0.902. The number of ether oxygens (including phenoxy) is 1. The van der Waals surface area contributed by atoms with Crippen LogP contribution in [0.15, 0.2) is 10.6 Å². The summed E-state index contributed by atoms with van der Waals surface area (Å²) in [5, 5.41) is 3.77. The van der Waals surface area contributed by atoms with Gasteiger partial charge >= 0.3 is 0 Å². The molecule has 0 aromatic carbocycles. The van der Waals surface area contributed by atoms with Crippen molar-refractivity contribution in [2.75, 3.05) is 13.2 Å². The van der Waals surface area contributed by atoms with E-state index in [4.69, 9.17) is 21.4 Å². The molecule has 2 unspecified atom stereocenters. The average Bonchev–Trinajstić information content (AvgIpc) is 3.14. The molecule has 1 fully saturated rings. The van der Waals surface area contributed by atoms with Crippen LogP contribution in [-0.2, 0) is 9.59 Å². The fourth-order valence-corrected chi connectivity index (χ4v) is 2.84. The predicted molar refractivity (Wildman–Crippen MR) is 82.3 cm³/mol. The number of hydrogen-bond donors (Lipinski definition) is 1. The third-order valence-electron chi connectivity index (χ3n) is 3.91. The van der Waals surface area contributed by atoms with Crippen LogP contribution in [-0.4, -0.2) is 41.1 Å². The maximum Gasteiger partial charge on any atom is 0.255 e. The number of carbonyl (C=O) groups is 2. The summed E-state index contributed by atoms with van der Waals surface area (Å²) in [6, 6.07) is 1.01.